The van der Waals surface area contributed by atoms with Crippen molar-refractivity contribution in [2.75, 3.05) is 46.4 Å². The number of ether oxygens (including phenoxy) is 1. The first-order chi connectivity index (χ1) is 10.9. The lowest BCUT2D eigenvalue weighted by atomic mass is 9.83. The van der Waals surface area contributed by atoms with Crippen LogP contribution < -0.4 is 0 Å². The second kappa shape index (κ2) is 5.01. The van der Waals surface area contributed by atoms with E-state index >= 15 is 0 Å². The normalized spacial score (nSPS) is 32.8. The zero-order valence-electron chi connectivity index (χ0n) is 14.2. The quantitative estimate of drug-likeness (QED) is 0.804. The first-order valence-electron chi connectivity index (χ1n) is 8.33. The molecule has 4 heterocycles. The SMILES string of the molecule is CN1C[C@@H]2CN(C(=O)c3cn(CC4(C)COC4)nn3)C[C@]2(C)C1. The molecule has 0 aromatic carbocycles. The number of fused-ring (bicyclic) bond motifs is 1. The van der Waals surface area contributed by atoms with Gasteiger partial charge in [-0.3, -0.25) is 9.48 Å². The molecule has 7 heteroatoms. The maximum Gasteiger partial charge on any atom is 0.276 e. The van der Waals surface area contributed by atoms with Crippen LogP contribution in [-0.4, -0.2) is 77.1 Å². The van der Waals surface area contributed by atoms with Crippen LogP contribution in [0.25, 0.3) is 0 Å². The standard InChI is InChI=1S/C16H25N5O2/c1-15(10-23-11-15)7-21-6-13(17-18-21)14(22)20-5-12-4-19(3)8-16(12,2)9-20/h6,12H,4-5,7-11H2,1-3H3/t12-,16+/m1/s1. The monoisotopic (exact) mass is 319 g/mol. The second-order valence-corrected chi connectivity index (χ2v) is 8.34. The van der Waals surface area contributed by atoms with E-state index < -0.39 is 0 Å². The van der Waals surface area contributed by atoms with Crippen LogP contribution in [0.15, 0.2) is 6.20 Å². The molecule has 7 nitrogen and oxygen atoms in total. The molecule has 23 heavy (non-hydrogen) atoms. The van der Waals surface area contributed by atoms with Crippen LogP contribution in [0.5, 0.6) is 0 Å². The van der Waals surface area contributed by atoms with Crippen molar-refractivity contribution in [1.29, 1.82) is 0 Å². The van der Waals surface area contributed by atoms with Crippen molar-refractivity contribution < 1.29 is 9.53 Å². The molecule has 4 rings (SSSR count). The molecule has 0 spiro atoms. The molecule has 2 atom stereocenters. The summed E-state index contributed by atoms with van der Waals surface area (Å²) in [5.41, 5.74) is 0.805. The molecular weight excluding hydrogens is 294 g/mol. The summed E-state index contributed by atoms with van der Waals surface area (Å²) in [6, 6.07) is 0. The fraction of sp³-hybridized carbons (Fsp3) is 0.812. The van der Waals surface area contributed by atoms with E-state index in [1.54, 1.807) is 10.9 Å². The number of carbonyl (C=O) groups excluding carboxylic acids is 1. The number of nitrogens with zero attached hydrogens (tertiary/aromatic N) is 5. The summed E-state index contributed by atoms with van der Waals surface area (Å²) in [5.74, 6) is 0.585. The number of hydrogen-bond acceptors (Lipinski definition) is 5. The van der Waals surface area contributed by atoms with Gasteiger partial charge in [0, 0.05) is 37.0 Å². The van der Waals surface area contributed by atoms with E-state index in [-0.39, 0.29) is 16.7 Å². The van der Waals surface area contributed by atoms with E-state index in [2.05, 4.69) is 36.1 Å². The second-order valence-electron chi connectivity index (χ2n) is 8.34. The largest absolute Gasteiger partial charge is 0.380 e. The summed E-state index contributed by atoms with van der Waals surface area (Å²) < 4.78 is 7.05. The molecule has 0 radical (unpaired) electrons. The number of likely N-dealkylation sites (tertiary alicyclic amines) is 2. The minimum Gasteiger partial charge on any atom is -0.380 e. The highest BCUT2D eigenvalue weighted by Gasteiger charge is 2.49. The van der Waals surface area contributed by atoms with Crippen LogP contribution in [0.1, 0.15) is 24.3 Å². The van der Waals surface area contributed by atoms with Gasteiger partial charge in [0.15, 0.2) is 5.69 Å². The Morgan fingerprint density at radius 1 is 1.35 bits per heavy atom. The van der Waals surface area contributed by atoms with Crippen LogP contribution in [-0.2, 0) is 11.3 Å². The van der Waals surface area contributed by atoms with Gasteiger partial charge in [0.05, 0.1) is 26.0 Å². The van der Waals surface area contributed by atoms with Crippen molar-refractivity contribution in [3.8, 4) is 0 Å². The first-order valence-corrected chi connectivity index (χ1v) is 8.33. The lowest BCUT2D eigenvalue weighted by Gasteiger charge is -2.37. The number of aromatic nitrogens is 3. The first kappa shape index (κ1) is 15.1. The zero-order valence-corrected chi connectivity index (χ0v) is 14.2. The highest BCUT2D eigenvalue weighted by molar-refractivity contribution is 5.92. The zero-order chi connectivity index (χ0) is 16.2. The average Bonchev–Trinajstić information content (AvgIpc) is 3.08. The van der Waals surface area contributed by atoms with Crippen molar-refractivity contribution in [1.82, 2.24) is 24.8 Å². The molecule has 0 unspecified atom stereocenters. The predicted molar refractivity (Wildman–Crippen MR) is 83.9 cm³/mol. The molecule has 3 fully saturated rings. The Labute approximate surface area is 136 Å². The van der Waals surface area contributed by atoms with Gasteiger partial charge in [-0.25, -0.2) is 0 Å². The third kappa shape index (κ3) is 2.55. The van der Waals surface area contributed by atoms with Crippen LogP contribution in [0, 0.1) is 16.7 Å². The van der Waals surface area contributed by atoms with Crippen molar-refractivity contribution in [2.24, 2.45) is 16.7 Å². The van der Waals surface area contributed by atoms with Crippen molar-refractivity contribution in [3.63, 3.8) is 0 Å². The summed E-state index contributed by atoms with van der Waals surface area (Å²) in [4.78, 5) is 17.1. The molecule has 3 aliphatic heterocycles. The molecule has 0 saturated carbocycles. The Kier molecular flexibility index (Phi) is 3.29. The number of rotatable bonds is 3. The number of amides is 1. The Bertz CT molecular complexity index is 626. The van der Waals surface area contributed by atoms with E-state index in [4.69, 9.17) is 4.74 Å². The highest BCUT2D eigenvalue weighted by atomic mass is 16.5. The van der Waals surface area contributed by atoms with Gasteiger partial charge in [-0.2, -0.15) is 0 Å². The summed E-state index contributed by atoms with van der Waals surface area (Å²) in [7, 11) is 2.16. The van der Waals surface area contributed by atoms with Crippen molar-refractivity contribution >= 4 is 5.91 Å². The van der Waals surface area contributed by atoms with Crippen LogP contribution >= 0.6 is 0 Å². The minimum atomic E-state index is 0.0181. The highest BCUT2D eigenvalue weighted by Crippen LogP contribution is 2.41. The van der Waals surface area contributed by atoms with Crippen LogP contribution in [0.3, 0.4) is 0 Å². The van der Waals surface area contributed by atoms with Gasteiger partial charge >= 0.3 is 0 Å². The Hall–Kier alpha value is -1.47. The Balaban J connectivity index is 1.43. The molecular formula is C16H25N5O2. The Morgan fingerprint density at radius 3 is 2.78 bits per heavy atom. The summed E-state index contributed by atoms with van der Waals surface area (Å²) in [6.07, 6.45) is 1.79. The molecule has 1 aromatic rings. The van der Waals surface area contributed by atoms with Gasteiger partial charge in [0.2, 0.25) is 0 Å². The van der Waals surface area contributed by atoms with E-state index in [1.165, 1.54) is 0 Å². The van der Waals surface area contributed by atoms with E-state index in [0.717, 1.165) is 45.9 Å². The fourth-order valence-electron chi connectivity index (χ4n) is 4.35. The topological polar surface area (TPSA) is 63.5 Å². The van der Waals surface area contributed by atoms with Gasteiger partial charge in [-0.05, 0) is 13.0 Å². The van der Waals surface area contributed by atoms with Gasteiger partial charge < -0.3 is 14.5 Å². The molecule has 0 aliphatic carbocycles. The fourth-order valence-corrected chi connectivity index (χ4v) is 4.35. The predicted octanol–water partition coefficient (Wildman–Crippen LogP) is 0.338. The summed E-state index contributed by atoms with van der Waals surface area (Å²) in [6.45, 7) is 10.5. The van der Waals surface area contributed by atoms with Crippen LogP contribution in [0.2, 0.25) is 0 Å². The lowest BCUT2D eigenvalue weighted by molar-refractivity contribution is -0.111. The van der Waals surface area contributed by atoms with Gasteiger partial charge in [0.25, 0.3) is 5.91 Å². The van der Waals surface area contributed by atoms with Gasteiger partial charge in [-0.1, -0.05) is 19.1 Å². The van der Waals surface area contributed by atoms with E-state index in [1.807, 2.05) is 4.90 Å². The van der Waals surface area contributed by atoms with Crippen LogP contribution in [0.4, 0.5) is 0 Å². The molecule has 0 bridgehead atoms. The van der Waals surface area contributed by atoms with E-state index in [0.29, 0.717) is 11.6 Å². The molecule has 3 aliphatic rings. The molecule has 1 aromatic heterocycles. The summed E-state index contributed by atoms with van der Waals surface area (Å²) >= 11 is 0. The maximum atomic E-state index is 12.7. The van der Waals surface area contributed by atoms with E-state index in [9.17, 15) is 4.79 Å². The number of carbonyl (C=O) groups is 1. The minimum absolute atomic E-state index is 0.0181. The smallest absolute Gasteiger partial charge is 0.276 e. The third-order valence-corrected chi connectivity index (χ3v) is 5.63. The van der Waals surface area contributed by atoms with Gasteiger partial charge in [-0.15, -0.1) is 5.10 Å². The Morgan fingerprint density at radius 2 is 2.13 bits per heavy atom. The summed E-state index contributed by atoms with van der Waals surface area (Å²) in [5, 5.41) is 8.24. The molecule has 3 saturated heterocycles. The lowest BCUT2D eigenvalue weighted by Crippen LogP contribution is -2.43. The molecule has 1 amide bonds. The maximum absolute atomic E-state index is 12.7. The molecule has 0 N–H and O–H groups in total. The van der Waals surface area contributed by atoms with Crippen molar-refractivity contribution in [2.45, 2.75) is 20.4 Å². The molecule has 126 valence electrons. The number of hydrogen-bond donors (Lipinski definition) is 0. The van der Waals surface area contributed by atoms with Gasteiger partial charge in [0.1, 0.15) is 0 Å². The van der Waals surface area contributed by atoms with Crippen molar-refractivity contribution in [3.05, 3.63) is 11.9 Å². The average molecular weight is 319 g/mol. The third-order valence-electron chi connectivity index (χ3n) is 5.63.